The molecule has 0 radical (unpaired) electrons. The van der Waals surface area contributed by atoms with E-state index in [2.05, 4.69) is 60.8 Å². The first-order chi connectivity index (χ1) is 12.8. The molecule has 1 aliphatic carbocycles. The summed E-state index contributed by atoms with van der Waals surface area (Å²) in [5.74, 6) is 0. The first kappa shape index (κ1) is 16.3. The van der Waals surface area contributed by atoms with Gasteiger partial charge in [-0.3, -0.25) is 5.32 Å². The Hall–Kier alpha value is -1.84. The van der Waals surface area contributed by atoms with Crippen molar-refractivity contribution < 1.29 is 0 Å². The Bertz CT molecular complexity index is 906. The van der Waals surface area contributed by atoms with Crippen molar-refractivity contribution in [3.8, 4) is 11.1 Å². The van der Waals surface area contributed by atoms with Crippen LogP contribution >= 0.6 is 11.8 Å². The van der Waals surface area contributed by atoms with Crippen molar-refractivity contribution in [2.75, 3.05) is 0 Å². The van der Waals surface area contributed by atoms with E-state index in [-0.39, 0.29) is 0 Å². The van der Waals surface area contributed by atoms with Gasteiger partial charge < -0.3 is 0 Å². The number of aliphatic imine (C=N–C) groups is 1. The highest BCUT2D eigenvalue weighted by atomic mass is 32.2. The molecular formula is C23H24N2S. The lowest BCUT2D eigenvalue weighted by molar-refractivity contribution is 0.379. The van der Waals surface area contributed by atoms with Crippen LogP contribution in [-0.2, 0) is 0 Å². The molecule has 0 amide bonds. The molecule has 0 bridgehead atoms. The highest BCUT2D eigenvalue weighted by Crippen LogP contribution is 2.48. The van der Waals surface area contributed by atoms with Crippen molar-refractivity contribution in [2.45, 2.75) is 50.4 Å². The monoisotopic (exact) mass is 360 g/mol. The molecule has 0 aromatic heterocycles. The first-order valence-corrected chi connectivity index (χ1v) is 10.6. The van der Waals surface area contributed by atoms with Crippen molar-refractivity contribution in [1.82, 2.24) is 5.32 Å². The van der Waals surface area contributed by atoms with Gasteiger partial charge in [-0.25, -0.2) is 4.99 Å². The molecule has 3 heteroatoms. The number of rotatable bonds is 3. The van der Waals surface area contributed by atoms with Gasteiger partial charge in [0.25, 0.3) is 0 Å². The van der Waals surface area contributed by atoms with Gasteiger partial charge in [0.05, 0.1) is 11.1 Å². The predicted octanol–water partition coefficient (Wildman–Crippen LogP) is 6.08. The normalized spacial score (nSPS) is 22.0. The zero-order valence-electron chi connectivity index (χ0n) is 15.2. The van der Waals surface area contributed by atoms with Gasteiger partial charge in [0, 0.05) is 17.2 Å². The summed E-state index contributed by atoms with van der Waals surface area (Å²) in [6.07, 6.45) is 9.18. The third kappa shape index (κ3) is 2.83. The quantitative estimate of drug-likeness (QED) is 0.717. The standard InChI is InChI=1S/C23H24N2S/c1-15-8-5-6-11-17(15)18-12-7-13-20-22(18)19-14-21(26-23(19)25-20)24-16-9-3-2-4-10-16/h5-8,11-14,16,21,24H,2-4,9-10H2,1H3. The van der Waals surface area contributed by atoms with Gasteiger partial charge >= 0.3 is 0 Å². The van der Waals surface area contributed by atoms with Crippen LogP contribution in [0.3, 0.4) is 0 Å². The van der Waals surface area contributed by atoms with Gasteiger partial charge in [-0.15, -0.1) is 0 Å². The number of nitrogens with one attached hydrogen (secondary N) is 1. The van der Waals surface area contributed by atoms with Crippen molar-refractivity contribution in [3.05, 3.63) is 59.7 Å². The fraction of sp³-hybridized carbons (Fsp3) is 0.348. The molecule has 1 unspecified atom stereocenters. The largest absolute Gasteiger partial charge is 0.299 e. The molecule has 2 aliphatic heterocycles. The summed E-state index contributed by atoms with van der Waals surface area (Å²) in [6.45, 7) is 2.19. The molecule has 2 heterocycles. The molecule has 3 aliphatic rings. The maximum absolute atomic E-state index is 4.94. The van der Waals surface area contributed by atoms with Crippen LogP contribution in [0, 0.1) is 6.92 Å². The minimum atomic E-state index is 0.366. The Balaban J connectivity index is 1.49. The number of fused-ring (bicyclic) bond motifs is 3. The average Bonchev–Trinajstić information content (AvgIpc) is 3.20. The third-order valence-corrected chi connectivity index (χ3v) is 6.82. The van der Waals surface area contributed by atoms with Crippen LogP contribution in [0.15, 0.2) is 53.5 Å². The second-order valence-electron chi connectivity index (χ2n) is 7.55. The summed E-state index contributed by atoms with van der Waals surface area (Å²) in [4.78, 5) is 4.94. The molecule has 2 aromatic rings. The Morgan fingerprint density at radius 2 is 1.77 bits per heavy atom. The number of aryl methyl sites for hydroxylation is 1. The molecule has 132 valence electrons. The number of thioether (sulfide) groups is 1. The van der Waals surface area contributed by atoms with Crippen molar-refractivity contribution in [2.24, 2.45) is 4.99 Å². The molecule has 1 fully saturated rings. The third-order valence-electron chi connectivity index (χ3n) is 5.76. The van der Waals surface area contributed by atoms with Crippen LogP contribution in [-0.4, -0.2) is 16.5 Å². The molecule has 2 nitrogen and oxygen atoms in total. The lowest BCUT2D eigenvalue weighted by Gasteiger charge is -2.25. The van der Waals surface area contributed by atoms with Gasteiger partial charge in [0.15, 0.2) is 0 Å². The molecule has 1 N–H and O–H groups in total. The Kier molecular flexibility index (Phi) is 4.22. The average molecular weight is 361 g/mol. The van der Waals surface area contributed by atoms with Crippen LogP contribution in [0.25, 0.3) is 16.7 Å². The van der Waals surface area contributed by atoms with E-state index in [9.17, 15) is 0 Å². The number of hydrogen-bond donors (Lipinski definition) is 1. The molecule has 0 spiro atoms. The van der Waals surface area contributed by atoms with Gasteiger partial charge in [0.2, 0.25) is 0 Å². The zero-order chi connectivity index (χ0) is 17.5. The Morgan fingerprint density at radius 1 is 0.962 bits per heavy atom. The first-order valence-electron chi connectivity index (χ1n) is 9.72. The SMILES string of the molecule is Cc1ccccc1-c1cccc2c1C1=CC(NC3CCCCC3)SC1=N2. The van der Waals surface area contributed by atoms with Gasteiger partial charge in [-0.1, -0.05) is 67.4 Å². The fourth-order valence-corrected chi connectivity index (χ4v) is 5.58. The summed E-state index contributed by atoms with van der Waals surface area (Å²) in [5, 5.41) is 5.41. The van der Waals surface area contributed by atoms with E-state index < -0.39 is 0 Å². The molecule has 0 saturated heterocycles. The lowest BCUT2D eigenvalue weighted by Crippen LogP contribution is -2.36. The molecule has 5 rings (SSSR count). The smallest absolute Gasteiger partial charge is 0.106 e. The minimum Gasteiger partial charge on any atom is -0.299 e. The number of hydrogen-bond acceptors (Lipinski definition) is 3. The second kappa shape index (κ2) is 6.71. The van der Waals surface area contributed by atoms with Crippen molar-refractivity contribution in [3.63, 3.8) is 0 Å². The van der Waals surface area contributed by atoms with E-state index in [1.54, 1.807) is 0 Å². The molecular weight excluding hydrogens is 336 g/mol. The van der Waals surface area contributed by atoms with Gasteiger partial charge in [-0.05, 0) is 48.6 Å². The molecule has 26 heavy (non-hydrogen) atoms. The van der Waals surface area contributed by atoms with E-state index in [0.717, 1.165) is 5.69 Å². The highest BCUT2D eigenvalue weighted by molar-refractivity contribution is 8.16. The second-order valence-corrected chi connectivity index (χ2v) is 8.68. The number of nitrogens with zero attached hydrogens (tertiary/aromatic N) is 1. The maximum Gasteiger partial charge on any atom is 0.106 e. The topological polar surface area (TPSA) is 24.4 Å². The summed E-state index contributed by atoms with van der Waals surface area (Å²) >= 11 is 1.89. The molecule has 1 atom stereocenters. The van der Waals surface area contributed by atoms with E-state index in [1.165, 1.54) is 65.0 Å². The minimum absolute atomic E-state index is 0.366. The Morgan fingerprint density at radius 3 is 2.62 bits per heavy atom. The predicted molar refractivity (Wildman–Crippen MR) is 113 cm³/mol. The maximum atomic E-state index is 4.94. The van der Waals surface area contributed by atoms with Crippen molar-refractivity contribution in [1.29, 1.82) is 0 Å². The molecule has 1 saturated carbocycles. The Labute approximate surface area is 159 Å². The van der Waals surface area contributed by atoms with E-state index >= 15 is 0 Å². The van der Waals surface area contributed by atoms with Crippen LogP contribution in [0.5, 0.6) is 0 Å². The zero-order valence-corrected chi connectivity index (χ0v) is 16.0. The van der Waals surface area contributed by atoms with Crippen molar-refractivity contribution >= 4 is 28.1 Å². The van der Waals surface area contributed by atoms with Gasteiger partial charge in [0.1, 0.15) is 5.04 Å². The van der Waals surface area contributed by atoms with E-state index in [4.69, 9.17) is 4.99 Å². The summed E-state index contributed by atoms with van der Waals surface area (Å²) in [7, 11) is 0. The number of benzene rings is 2. The van der Waals surface area contributed by atoms with Crippen LogP contribution in [0.1, 0.15) is 43.2 Å². The van der Waals surface area contributed by atoms with E-state index in [0.29, 0.717) is 11.4 Å². The van der Waals surface area contributed by atoms with Crippen LogP contribution in [0.2, 0.25) is 0 Å². The summed E-state index contributed by atoms with van der Waals surface area (Å²) in [6, 6.07) is 15.8. The van der Waals surface area contributed by atoms with Crippen LogP contribution in [0.4, 0.5) is 5.69 Å². The molecule has 2 aromatic carbocycles. The fourth-order valence-electron chi connectivity index (χ4n) is 4.43. The lowest BCUT2D eigenvalue weighted by atomic mass is 9.92. The summed E-state index contributed by atoms with van der Waals surface area (Å²) in [5.41, 5.74) is 7.71. The van der Waals surface area contributed by atoms with Crippen LogP contribution < -0.4 is 5.32 Å². The van der Waals surface area contributed by atoms with Gasteiger partial charge in [-0.2, -0.15) is 0 Å². The summed E-state index contributed by atoms with van der Waals surface area (Å²) < 4.78 is 0. The highest BCUT2D eigenvalue weighted by Gasteiger charge is 2.33. The van der Waals surface area contributed by atoms with E-state index in [1.807, 2.05) is 11.8 Å².